The van der Waals surface area contributed by atoms with Gasteiger partial charge in [-0.15, -0.1) is 11.3 Å². The molecule has 0 aliphatic carbocycles. The highest BCUT2D eigenvalue weighted by Gasteiger charge is 2.21. The number of piperazine rings is 1. The fraction of sp³-hybridized carbons (Fsp3) is 0.238. The number of aromatic nitrogens is 3. The van der Waals surface area contributed by atoms with E-state index in [1.165, 1.54) is 27.2 Å². The zero-order chi connectivity index (χ0) is 21.4. The average Bonchev–Trinajstić information content (AvgIpc) is 3.45. The van der Waals surface area contributed by atoms with Crippen LogP contribution in [0.4, 0.5) is 17.3 Å². The normalized spacial score (nSPS) is 14.8. The Labute approximate surface area is 184 Å². The first-order valence-corrected chi connectivity index (χ1v) is 12.3. The Morgan fingerprint density at radius 3 is 2.74 bits per heavy atom. The summed E-state index contributed by atoms with van der Waals surface area (Å²) in [6.07, 6.45) is 3.15. The summed E-state index contributed by atoms with van der Waals surface area (Å²) in [6, 6.07) is 11.2. The first-order chi connectivity index (χ1) is 15.0. The Kier molecular flexibility index (Phi) is 5.12. The molecule has 1 aliphatic rings. The summed E-state index contributed by atoms with van der Waals surface area (Å²) in [5.74, 6) is 0.350. The van der Waals surface area contributed by atoms with Gasteiger partial charge in [-0.25, -0.2) is 8.96 Å². The van der Waals surface area contributed by atoms with Gasteiger partial charge in [0, 0.05) is 55.3 Å². The van der Waals surface area contributed by atoms with Crippen LogP contribution in [-0.4, -0.2) is 48.5 Å². The first kappa shape index (κ1) is 20.0. The van der Waals surface area contributed by atoms with Crippen molar-refractivity contribution in [1.82, 2.24) is 19.3 Å². The first-order valence-electron chi connectivity index (χ1n) is 9.99. The van der Waals surface area contributed by atoms with Crippen molar-refractivity contribution in [1.29, 1.82) is 0 Å². The summed E-state index contributed by atoms with van der Waals surface area (Å²) in [5.41, 5.74) is 3.59. The topological polar surface area (TPSA) is 92.1 Å². The highest BCUT2D eigenvalue weighted by atomic mass is 32.2. The van der Waals surface area contributed by atoms with Crippen LogP contribution in [0, 0.1) is 6.92 Å². The molecule has 160 valence electrons. The van der Waals surface area contributed by atoms with Gasteiger partial charge in [0.15, 0.2) is 5.65 Å². The molecule has 0 radical (unpaired) electrons. The van der Waals surface area contributed by atoms with E-state index in [0.29, 0.717) is 17.0 Å². The maximum Gasteiger partial charge on any atom is 0.278 e. The number of aryl methyl sites for hydroxylation is 1. The largest absolute Gasteiger partial charge is 0.369 e. The molecule has 1 fully saturated rings. The Balaban J connectivity index is 1.44. The average molecular weight is 455 g/mol. The van der Waals surface area contributed by atoms with Gasteiger partial charge in [0.1, 0.15) is 4.21 Å². The summed E-state index contributed by atoms with van der Waals surface area (Å²) in [4.78, 5) is 11.2. The number of nitrogens with one attached hydrogen (secondary N) is 2. The van der Waals surface area contributed by atoms with Gasteiger partial charge in [-0.05, 0) is 48.2 Å². The van der Waals surface area contributed by atoms with Crippen LogP contribution in [0.3, 0.4) is 0 Å². The molecule has 4 aromatic rings. The highest BCUT2D eigenvalue weighted by Crippen LogP contribution is 2.27. The molecule has 5 rings (SSSR count). The number of nitrogens with zero attached hydrogens (tertiary/aromatic N) is 4. The Bertz CT molecular complexity index is 1330. The molecule has 0 bridgehead atoms. The van der Waals surface area contributed by atoms with Crippen LogP contribution in [0.25, 0.3) is 11.0 Å². The predicted molar refractivity (Wildman–Crippen MR) is 124 cm³/mol. The van der Waals surface area contributed by atoms with Gasteiger partial charge in [-0.2, -0.15) is 13.4 Å². The fourth-order valence-electron chi connectivity index (χ4n) is 3.78. The lowest BCUT2D eigenvalue weighted by atomic mass is 10.1. The molecule has 0 atom stereocenters. The van der Waals surface area contributed by atoms with Crippen LogP contribution in [-0.2, 0) is 10.0 Å². The zero-order valence-electron chi connectivity index (χ0n) is 16.9. The van der Waals surface area contributed by atoms with Crippen molar-refractivity contribution < 1.29 is 8.42 Å². The summed E-state index contributed by atoms with van der Waals surface area (Å²) < 4.78 is 27.4. The zero-order valence-corrected chi connectivity index (χ0v) is 18.6. The maximum absolute atomic E-state index is 13.0. The molecule has 0 saturated carbocycles. The van der Waals surface area contributed by atoms with Gasteiger partial charge in [0.2, 0.25) is 5.95 Å². The summed E-state index contributed by atoms with van der Waals surface area (Å²) in [6.45, 7) is 6.04. The van der Waals surface area contributed by atoms with Gasteiger partial charge in [-0.3, -0.25) is 0 Å². The molecule has 10 heteroatoms. The van der Waals surface area contributed by atoms with Gasteiger partial charge in [0.25, 0.3) is 10.0 Å². The minimum Gasteiger partial charge on any atom is -0.369 e. The number of hydrogen-bond acceptors (Lipinski definition) is 8. The van der Waals surface area contributed by atoms with E-state index in [0.717, 1.165) is 37.4 Å². The third kappa shape index (κ3) is 3.78. The molecule has 1 aliphatic heterocycles. The van der Waals surface area contributed by atoms with E-state index < -0.39 is 10.0 Å². The van der Waals surface area contributed by atoms with Crippen molar-refractivity contribution in [3.63, 3.8) is 0 Å². The molecule has 3 aromatic heterocycles. The van der Waals surface area contributed by atoms with Crippen LogP contribution in [0.1, 0.15) is 5.56 Å². The van der Waals surface area contributed by atoms with E-state index in [-0.39, 0.29) is 4.21 Å². The van der Waals surface area contributed by atoms with Crippen molar-refractivity contribution in [3.05, 3.63) is 59.7 Å². The van der Waals surface area contributed by atoms with Gasteiger partial charge >= 0.3 is 0 Å². The molecular weight excluding hydrogens is 432 g/mol. The van der Waals surface area contributed by atoms with Crippen LogP contribution in [0.15, 0.2) is 58.4 Å². The third-order valence-corrected chi connectivity index (χ3v) is 8.35. The SMILES string of the molecule is Cc1cc(Nc2ncc3ccn(S(=O)(=O)c4cccs4)c3n2)ccc1N1CCNCC1. The van der Waals surface area contributed by atoms with Gasteiger partial charge in [-0.1, -0.05) is 6.07 Å². The number of rotatable bonds is 5. The van der Waals surface area contributed by atoms with Crippen molar-refractivity contribution in [2.24, 2.45) is 0 Å². The molecule has 1 aromatic carbocycles. The molecule has 0 unspecified atom stereocenters. The minimum atomic E-state index is -3.69. The highest BCUT2D eigenvalue weighted by molar-refractivity contribution is 7.92. The summed E-state index contributed by atoms with van der Waals surface area (Å²) in [7, 11) is -3.69. The van der Waals surface area contributed by atoms with Crippen LogP contribution in [0.5, 0.6) is 0 Å². The summed E-state index contributed by atoms with van der Waals surface area (Å²) >= 11 is 1.18. The van der Waals surface area contributed by atoms with Crippen molar-refractivity contribution >= 4 is 49.7 Å². The van der Waals surface area contributed by atoms with E-state index in [9.17, 15) is 8.42 Å². The Morgan fingerprint density at radius 2 is 2.00 bits per heavy atom. The van der Waals surface area contributed by atoms with Crippen LogP contribution >= 0.6 is 11.3 Å². The fourth-order valence-corrected chi connectivity index (χ4v) is 6.16. The van der Waals surface area contributed by atoms with Crippen LogP contribution in [0.2, 0.25) is 0 Å². The Morgan fingerprint density at radius 1 is 1.16 bits per heavy atom. The minimum absolute atomic E-state index is 0.275. The van der Waals surface area contributed by atoms with Gasteiger partial charge in [0.05, 0.1) is 0 Å². The molecule has 0 spiro atoms. The molecule has 2 N–H and O–H groups in total. The molecule has 0 amide bonds. The van der Waals surface area contributed by atoms with Crippen molar-refractivity contribution in [2.75, 3.05) is 36.4 Å². The standard InChI is InChI=1S/C21H22N6O2S2/c1-15-13-17(4-5-18(15)26-10-7-22-8-11-26)24-21-23-14-16-6-9-27(20(16)25-21)31(28,29)19-3-2-12-30-19/h2-6,9,12-14,22H,7-8,10-11H2,1H3,(H,23,24,25). The maximum atomic E-state index is 13.0. The molecule has 1 saturated heterocycles. The molecule has 4 heterocycles. The second-order valence-electron chi connectivity index (χ2n) is 7.38. The lowest BCUT2D eigenvalue weighted by molar-refractivity contribution is 0.588. The van der Waals surface area contributed by atoms with E-state index >= 15 is 0 Å². The Hall–Kier alpha value is -2.95. The predicted octanol–water partition coefficient (Wildman–Crippen LogP) is 3.19. The van der Waals surface area contributed by atoms with E-state index in [1.54, 1.807) is 29.8 Å². The number of benzene rings is 1. The molecule has 8 nitrogen and oxygen atoms in total. The number of fused-ring (bicyclic) bond motifs is 1. The second-order valence-corrected chi connectivity index (χ2v) is 10.4. The molecule has 31 heavy (non-hydrogen) atoms. The monoisotopic (exact) mass is 454 g/mol. The lowest BCUT2D eigenvalue weighted by Crippen LogP contribution is -2.43. The van der Waals surface area contributed by atoms with Gasteiger partial charge < -0.3 is 15.5 Å². The second kappa shape index (κ2) is 7.95. The summed E-state index contributed by atoms with van der Waals surface area (Å²) in [5, 5.41) is 8.99. The van der Waals surface area contributed by atoms with Crippen molar-refractivity contribution in [3.8, 4) is 0 Å². The quantitative estimate of drug-likeness (QED) is 0.478. The van der Waals surface area contributed by atoms with Crippen molar-refractivity contribution in [2.45, 2.75) is 11.1 Å². The number of hydrogen-bond donors (Lipinski definition) is 2. The smallest absolute Gasteiger partial charge is 0.278 e. The van der Waals surface area contributed by atoms with E-state index in [1.807, 2.05) is 6.07 Å². The number of anilines is 3. The van der Waals surface area contributed by atoms with E-state index in [2.05, 4.69) is 44.6 Å². The molecular formula is C21H22N6O2S2. The third-order valence-electron chi connectivity index (χ3n) is 5.31. The van der Waals surface area contributed by atoms with E-state index in [4.69, 9.17) is 0 Å². The van der Waals surface area contributed by atoms with Crippen LogP contribution < -0.4 is 15.5 Å². The number of thiophene rings is 1. The lowest BCUT2D eigenvalue weighted by Gasteiger charge is -2.30.